The van der Waals surface area contributed by atoms with Crippen LogP contribution in [0.2, 0.25) is 0 Å². The highest BCUT2D eigenvalue weighted by molar-refractivity contribution is 5.98. The predicted molar refractivity (Wildman–Crippen MR) is 93.4 cm³/mol. The van der Waals surface area contributed by atoms with E-state index >= 15 is 0 Å². The molecule has 0 radical (unpaired) electrons. The van der Waals surface area contributed by atoms with Gasteiger partial charge < -0.3 is 9.67 Å². The lowest BCUT2D eigenvalue weighted by molar-refractivity contribution is -0.136. The Hall–Kier alpha value is -2.93. The fourth-order valence-electron chi connectivity index (χ4n) is 4.24. The first-order valence-corrected chi connectivity index (χ1v) is 8.65. The highest BCUT2D eigenvalue weighted by Crippen LogP contribution is 2.45. The largest absolute Gasteiger partial charge is 0.377 e. The van der Waals surface area contributed by atoms with E-state index in [0.29, 0.717) is 33.5 Å². The zero-order valence-corrected chi connectivity index (χ0v) is 14.3. The molecule has 136 valence electrons. The van der Waals surface area contributed by atoms with E-state index in [-0.39, 0.29) is 36.2 Å². The average molecular weight is 368 g/mol. The van der Waals surface area contributed by atoms with Gasteiger partial charge in [0.15, 0.2) is 17.4 Å². The van der Waals surface area contributed by atoms with Gasteiger partial charge in [0.05, 0.1) is 23.4 Å². The Labute approximate surface area is 151 Å². The highest BCUT2D eigenvalue weighted by atomic mass is 19.2. The number of aliphatic hydroxyl groups is 1. The summed E-state index contributed by atoms with van der Waals surface area (Å²) < 4.78 is 28.7. The molecule has 7 heteroatoms. The Morgan fingerprint density at radius 3 is 2.63 bits per heavy atom. The third-order valence-corrected chi connectivity index (χ3v) is 5.62. The van der Waals surface area contributed by atoms with E-state index < -0.39 is 17.2 Å². The maximum atomic E-state index is 13.7. The molecule has 0 saturated carbocycles. The van der Waals surface area contributed by atoms with E-state index in [0.717, 1.165) is 12.1 Å². The number of nitrogens with zero attached hydrogens (tertiary/aromatic N) is 2. The zero-order chi connectivity index (χ0) is 19.1. The maximum Gasteiger partial charge on any atom is 0.251 e. The molecule has 1 aliphatic heterocycles. The van der Waals surface area contributed by atoms with Crippen LogP contribution < -0.4 is 5.56 Å². The summed E-state index contributed by atoms with van der Waals surface area (Å²) in [5.41, 5.74) is 0.664. The van der Waals surface area contributed by atoms with Gasteiger partial charge in [-0.3, -0.25) is 9.59 Å². The first-order valence-electron chi connectivity index (χ1n) is 8.65. The Morgan fingerprint density at radius 2 is 1.89 bits per heavy atom. The number of Topliss-reactive ketones (excluding diaryl/α,β-unsaturated/α-hetero) is 1. The van der Waals surface area contributed by atoms with Crippen molar-refractivity contribution >= 4 is 16.7 Å². The summed E-state index contributed by atoms with van der Waals surface area (Å²) in [6.07, 6.45) is 0.165. The Morgan fingerprint density at radius 1 is 1.15 bits per heavy atom. The highest BCUT2D eigenvalue weighted by Gasteiger charge is 2.47. The van der Waals surface area contributed by atoms with Crippen molar-refractivity contribution in [1.29, 1.82) is 0 Å². The Balaban J connectivity index is 1.87. The lowest BCUT2D eigenvalue weighted by atomic mass is 9.90. The minimum Gasteiger partial charge on any atom is -0.377 e. The van der Waals surface area contributed by atoms with Crippen molar-refractivity contribution in [2.24, 2.45) is 0 Å². The second-order valence-corrected chi connectivity index (χ2v) is 7.09. The minimum absolute atomic E-state index is 0.00843. The van der Waals surface area contributed by atoms with Crippen molar-refractivity contribution in [2.45, 2.75) is 31.9 Å². The van der Waals surface area contributed by atoms with Gasteiger partial charge in [0.1, 0.15) is 5.60 Å². The molecule has 0 fully saturated rings. The third kappa shape index (κ3) is 1.97. The van der Waals surface area contributed by atoms with Crippen LogP contribution in [0.5, 0.6) is 0 Å². The van der Waals surface area contributed by atoms with E-state index in [2.05, 4.69) is 4.98 Å². The summed E-state index contributed by atoms with van der Waals surface area (Å²) >= 11 is 0. The smallest absolute Gasteiger partial charge is 0.251 e. The Bertz CT molecular complexity index is 1250. The molecule has 2 aromatic heterocycles. The minimum atomic E-state index is -1.67. The number of aromatic nitrogens is 2. The van der Waals surface area contributed by atoms with Crippen molar-refractivity contribution in [2.75, 3.05) is 0 Å². The molecular weight excluding hydrogens is 354 g/mol. The van der Waals surface area contributed by atoms with Gasteiger partial charge in [0.25, 0.3) is 5.56 Å². The molecular formula is C20H14F2N2O3. The molecule has 27 heavy (non-hydrogen) atoms. The van der Waals surface area contributed by atoms with Gasteiger partial charge in [-0.15, -0.1) is 0 Å². The molecule has 3 heterocycles. The third-order valence-electron chi connectivity index (χ3n) is 5.62. The van der Waals surface area contributed by atoms with Crippen molar-refractivity contribution < 1.29 is 18.7 Å². The van der Waals surface area contributed by atoms with E-state index in [1.165, 1.54) is 10.6 Å². The van der Waals surface area contributed by atoms with E-state index in [9.17, 15) is 23.5 Å². The molecule has 2 aliphatic rings. The van der Waals surface area contributed by atoms with Crippen LogP contribution in [0.4, 0.5) is 8.78 Å². The van der Waals surface area contributed by atoms with E-state index in [1.54, 1.807) is 13.0 Å². The number of hydrogen-bond acceptors (Lipinski definition) is 4. The molecule has 1 atom stereocenters. The second kappa shape index (κ2) is 5.07. The number of halogens is 2. The summed E-state index contributed by atoms with van der Waals surface area (Å²) in [6, 6.07) is 5.13. The summed E-state index contributed by atoms with van der Waals surface area (Å²) in [7, 11) is 0. The van der Waals surface area contributed by atoms with Crippen LogP contribution in [0.1, 0.15) is 30.0 Å². The molecule has 0 amide bonds. The lowest BCUT2D eigenvalue weighted by Gasteiger charge is -2.23. The van der Waals surface area contributed by atoms with Crippen molar-refractivity contribution in [3.05, 3.63) is 62.9 Å². The predicted octanol–water partition coefficient (Wildman–Crippen LogP) is 2.43. The van der Waals surface area contributed by atoms with Crippen LogP contribution in [0.25, 0.3) is 22.3 Å². The summed E-state index contributed by atoms with van der Waals surface area (Å²) in [5, 5.41) is 11.4. The van der Waals surface area contributed by atoms with Gasteiger partial charge in [0.2, 0.25) is 0 Å². The maximum absolute atomic E-state index is 13.7. The van der Waals surface area contributed by atoms with Gasteiger partial charge in [-0.25, -0.2) is 13.8 Å². The van der Waals surface area contributed by atoms with Gasteiger partial charge >= 0.3 is 0 Å². The normalized spacial score (nSPS) is 20.1. The number of ketones is 1. The Kier molecular flexibility index (Phi) is 3.05. The van der Waals surface area contributed by atoms with Crippen LogP contribution in [0.3, 0.4) is 0 Å². The monoisotopic (exact) mass is 368 g/mol. The fraction of sp³-hybridized carbons (Fsp3) is 0.250. The molecule has 0 spiro atoms. The molecule has 1 aromatic carbocycles. The molecule has 0 saturated heterocycles. The zero-order valence-electron chi connectivity index (χ0n) is 14.3. The summed E-state index contributed by atoms with van der Waals surface area (Å²) in [5.74, 6) is -2.33. The van der Waals surface area contributed by atoms with E-state index in [1.807, 2.05) is 0 Å². The number of rotatable bonds is 1. The van der Waals surface area contributed by atoms with Crippen molar-refractivity contribution in [1.82, 2.24) is 9.55 Å². The topological polar surface area (TPSA) is 72.2 Å². The number of fused-ring (bicyclic) bond motifs is 6. The van der Waals surface area contributed by atoms with Gasteiger partial charge in [-0.2, -0.15) is 0 Å². The number of benzene rings is 1. The van der Waals surface area contributed by atoms with E-state index in [4.69, 9.17) is 0 Å². The second-order valence-electron chi connectivity index (χ2n) is 7.09. The van der Waals surface area contributed by atoms with Crippen LogP contribution in [-0.4, -0.2) is 20.4 Å². The fourth-order valence-corrected chi connectivity index (χ4v) is 4.24. The number of pyridine rings is 2. The molecule has 1 aliphatic carbocycles. The van der Waals surface area contributed by atoms with Crippen LogP contribution in [0, 0.1) is 11.6 Å². The van der Waals surface area contributed by atoms with Crippen molar-refractivity contribution in [3.8, 4) is 11.4 Å². The quantitative estimate of drug-likeness (QED) is 0.560. The molecule has 3 aromatic rings. The SMILES string of the molecule is CCC1(O)C(=O)Cc2cc(=O)n3c(c21)-c1nc2cc(F)c(F)cc2cc1C3. The number of hydrogen-bond donors (Lipinski definition) is 1. The lowest BCUT2D eigenvalue weighted by Crippen LogP contribution is -2.32. The summed E-state index contributed by atoms with van der Waals surface area (Å²) in [4.78, 5) is 29.5. The van der Waals surface area contributed by atoms with Gasteiger partial charge in [-0.1, -0.05) is 6.92 Å². The molecule has 5 nitrogen and oxygen atoms in total. The molecule has 0 bridgehead atoms. The van der Waals surface area contributed by atoms with Gasteiger partial charge in [0, 0.05) is 35.1 Å². The van der Waals surface area contributed by atoms with Crippen LogP contribution >= 0.6 is 0 Å². The van der Waals surface area contributed by atoms with Crippen LogP contribution in [-0.2, 0) is 23.4 Å². The summed E-state index contributed by atoms with van der Waals surface area (Å²) in [6.45, 7) is 1.91. The first-order chi connectivity index (χ1) is 12.8. The molecule has 1 N–H and O–H groups in total. The average Bonchev–Trinajstić information content (AvgIpc) is 3.10. The molecule has 5 rings (SSSR count). The van der Waals surface area contributed by atoms with Gasteiger partial charge in [-0.05, 0) is 24.1 Å². The first kappa shape index (κ1) is 16.3. The molecule has 1 unspecified atom stereocenters. The van der Waals surface area contributed by atoms with Crippen molar-refractivity contribution in [3.63, 3.8) is 0 Å². The number of carbonyl (C=O) groups is 1. The van der Waals surface area contributed by atoms with Crippen LogP contribution in [0.15, 0.2) is 29.1 Å². The number of carbonyl (C=O) groups excluding carboxylic acids is 1. The standard InChI is InChI=1S/C20H14F2N2O3/c1-2-20(27)15(25)5-10-6-16(26)24-8-11-3-9-4-12(21)13(22)7-14(9)23-18(11)19(24)17(10)20/h3-4,6-7,27H,2,5,8H2,1H3.